The van der Waals surface area contributed by atoms with Crippen LogP contribution in [0.2, 0.25) is 0 Å². The van der Waals surface area contributed by atoms with E-state index in [9.17, 15) is 0 Å². The van der Waals surface area contributed by atoms with E-state index in [1.807, 2.05) is 19.9 Å². The van der Waals surface area contributed by atoms with Crippen molar-refractivity contribution in [3.05, 3.63) is 23.0 Å². The number of hydrogen-bond acceptors (Lipinski definition) is 5. The molecule has 116 valence electrons. The zero-order chi connectivity index (χ0) is 15.4. The van der Waals surface area contributed by atoms with E-state index in [4.69, 9.17) is 15.7 Å². The molecule has 3 N–H and O–H groups in total. The van der Waals surface area contributed by atoms with Crippen LogP contribution in [0.3, 0.4) is 0 Å². The van der Waals surface area contributed by atoms with Gasteiger partial charge in [-0.15, -0.1) is 0 Å². The maximum absolute atomic E-state index is 8.91. The molecule has 1 saturated heterocycles. The van der Waals surface area contributed by atoms with Gasteiger partial charge >= 0.3 is 0 Å². The Morgan fingerprint density at radius 1 is 1.57 bits per heavy atom. The summed E-state index contributed by atoms with van der Waals surface area (Å²) in [4.78, 5) is 6.71. The normalized spacial score (nSPS) is 20.0. The molecule has 1 aromatic rings. The molecule has 1 fully saturated rings. The van der Waals surface area contributed by atoms with E-state index in [1.54, 1.807) is 0 Å². The summed E-state index contributed by atoms with van der Waals surface area (Å²) >= 11 is 0. The molecule has 0 aromatic carbocycles. The summed E-state index contributed by atoms with van der Waals surface area (Å²) in [5.74, 6) is 0.670. The molecule has 1 unspecified atom stereocenters. The Morgan fingerprint density at radius 2 is 2.33 bits per heavy atom. The average molecular weight is 292 g/mol. The Labute approximate surface area is 125 Å². The number of pyridine rings is 1. The molecule has 21 heavy (non-hydrogen) atoms. The van der Waals surface area contributed by atoms with Crippen molar-refractivity contribution < 1.29 is 9.94 Å². The second kappa shape index (κ2) is 6.76. The van der Waals surface area contributed by atoms with E-state index in [1.165, 1.54) is 12.8 Å². The molecule has 1 aromatic heterocycles. The number of aromatic nitrogens is 1. The van der Waals surface area contributed by atoms with E-state index in [-0.39, 0.29) is 5.84 Å². The molecule has 0 aliphatic carbocycles. The van der Waals surface area contributed by atoms with Gasteiger partial charge in [-0.3, -0.25) is 4.98 Å². The predicted molar refractivity (Wildman–Crippen MR) is 82.0 cm³/mol. The lowest BCUT2D eigenvalue weighted by Gasteiger charge is -2.20. The zero-order valence-corrected chi connectivity index (χ0v) is 13.0. The number of likely N-dealkylation sites (tertiary alicyclic amines) is 1. The van der Waals surface area contributed by atoms with Gasteiger partial charge in [-0.25, -0.2) is 0 Å². The first kappa shape index (κ1) is 15.6. The quantitative estimate of drug-likeness (QED) is 0.373. The molecule has 6 nitrogen and oxygen atoms in total. The highest BCUT2D eigenvalue weighted by Gasteiger charge is 2.21. The molecule has 0 saturated carbocycles. The summed E-state index contributed by atoms with van der Waals surface area (Å²) in [6, 6.07) is 2.42. The maximum Gasteiger partial charge on any atom is 0.175 e. The first-order chi connectivity index (χ1) is 10.0. The number of aryl methyl sites for hydroxylation is 2. The average Bonchev–Trinajstić information content (AvgIpc) is 2.83. The number of nitrogens with two attached hydrogens (primary N) is 1. The van der Waals surface area contributed by atoms with E-state index in [0.717, 1.165) is 18.7 Å². The first-order valence-corrected chi connectivity index (χ1v) is 7.32. The van der Waals surface area contributed by atoms with Crippen LogP contribution in [0.4, 0.5) is 0 Å². The third-order valence-corrected chi connectivity index (χ3v) is 4.04. The van der Waals surface area contributed by atoms with E-state index in [0.29, 0.717) is 29.7 Å². The summed E-state index contributed by atoms with van der Waals surface area (Å²) < 4.78 is 5.89. The van der Waals surface area contributed by atoms with Crippen LogP contribution in [0, 0.1) is 13.8 Å². The van der Waals surface area contributed by atoms with Crippen molar-refractivity contribution in [2.75, 3.05) is 20.2 Å². The summed E-state index contributed by atoms with van der Waals surface area (Å²) in [6.45, 7) is 5.51. The minimum Gasteiger partial charge on any atom is -0.493 e. The summed E-state index contributed by atoms with van der Waals surface area (Å²) in [5, 5.41) is 12.0. The van der Waals surface area contributed by atoms with Gasteiger partial charge in [-0.1, -0.05) is 5.16 Å². The van der Waals surface area contributed by atoms with Gasteiger partial charge in [0.1, 0.15) is 5.75 Å². The van der Waals surface area contributed by atoms with Crippen LogP contribution in [-0.4, -0.2) is 47.2 Å². The molecular weight excluding hydrogens is 268 g/mol. The van der Waals surface area contributed by atoms with Gasteiger partial charge in [0.25, 0.3) is 0 Å². The second-order valence-corrected chi connectivity index (χ2v) is 5.62. The van der Waals surface area contributed by atoms with Gasteiger partial charge in [-0.05, 0) is 46.7 Å². The molecule has 1 aliphatic heterocycles. The summed E-state index contributed by atoms with van der Waals surface area (Å²) in [7, 11) is 2.15. The lowest BCUT2D eigenvalue weighted by molar-refractivity contribution is 0.232. The fourth-order valence-electron chi connectivity index (χ4n) is 2.92. The Hall–Kier alpha value is -1.82. The molecule has 1 atom stereocenters. The molecule has 0 amide bonds. The molecule has 0 spiro atoms. The minimum absolute atomic E-state index is 0.0352. The Balaban J connectivity index is 2.08. The van der Waals surface area contributed by atoms with Crippen LogP contribution in [0.25, 0.3) is 0 Å². The molecule has 6 heteroatoms. The predicted octanol–water partition coefficient (Wildman–Crippen LogP) is 1.66. The third-order valence-electron chi connectivity index (χ3n) is 4.04. The van der Waals surface area contributed by atoms with Crippen LogP contribution in [0.5, 0.6) is 5.75 Å². The van der Waals surface area contributed by atoms with Crippen molar-refractivity contribution in [2.24, 2.45) is 10.9 Å². The summed E-state index contributed by atoms with van der Waals surface area (Å²) in [5.41, 5.74) is 7.87. The molecule has 2 rings (SSSR count). The first-order valence-electron chi connectivity index (χ1n) is 7.32. The number of rotatable bonds is 5. The molecule has 0 radical (unpaired) electrons. The highest BCUT2D eigenvalue weighted by atomic mass is 16.5. The van der Waals surface area contributed by atoms with Crippen LogP contribution >= 0.6 is 0 Å². The number of oxime groups is 1. The van der Waals surface area contributed by atoms with Gasteiger partial charge in [0.2, 0.25) is 0 Å². The highest BCUT2D eigenvalue weighted by Crippen LogP contribution is 2.23. The van der Waals surface area contributed by atoms with Gasteiger partial charge in [0.05, 0.1) is 17.9 Å². The fourth-order valence-corrected chi connectivity index (χ4v) is 2.92. The van der Waals surface area contributed by atoms with E-state index in [2.05, 4.69) is 22.1 Å². The topological polar surface area (TPSA) is 84.0 Å². The van der Waals surface area contributed by atoms with Crippen LogP contribution in [-0.2, 0) is 0 Å². The molecule has 2 heterocycles. The Bertz CT molecular complexity index is 531. The van der Waals surface area contributed by atoms with Gasteiger partial charge in [0.15, 0.2) is 5.84 Å². The van der Waals surface area contributed by atoms with Gasteiger partial charge < -0.3 is 20.6 Å². The fraction of sp³-hybridized carbons (Fsp3) is 0.600. The lowest BCUT2D eigenvalue weighted by atomic mass is 10.1. The minimum atomic E-state index is 0.0352. The highest BCUT2D eigenvalue weighted by molar-refractivity contribution is 6.00. The molecular formula is C15H24N4O2. The number of amidine groups is 1. The van der Waals surface area contributed by atoms with Crippen LogP contribution in [0.15, 0.2) is 11.2 Å². The van der Waals surface area contributed by atoms with Gasteiger partial charge in [-0.2, -0.15) is 0 Å². The standard InChI is InChI=1S/C15H24N4O2/c1-10-9-13(14(11(2)17-10)15(16)18-20)21-8-6-12-5-4-7-19(12)3/h9,12,20H,4-8H2,1-3H3,(H2,16,18). The van der Waals surface area contributed by atoms with Crippen molar-refractivity contribution in [3.8, 4) is 5.75 Å². The largest absolute Gasteiger partial charge is 0.493 e. The van der Waals surface area contributed by atoms with Crippen molar-refractivity contribution in [2.45, 2.75) is 39.2 Å². The van der Waals surface area contributed by atoms with Gasteiger partial charge in [0, 0.05) is 17.8 Å². The van der Waals surface area contributed by atoms with Crippen molar-refractivity contribution in [3.63, 3.8) is 0 Å². The maximum atomic E-state index is 8.91. The second-order valence-electron chi connectivity index (χ2n) is 5.62. The summed E-state index contributed by atoms with van der Waals surface area (Å²) in [6.07, 6.45) is 3.46. The van der Waals surface area contributed by atoms with Crippen molar-refractivity contribution in [1.29, 1.82) is 0 Å². The van der Waals surface area contributed by atoms with Crippen LogP contribution < -0.4 is 10.5 Å². The van der Waals surface area contributed by atoms with Crippen LogP contribution in [0.1, 0.15) is 36.2 Å². The number of ether oxygens (including phenoxy) is 1. The molecule has 1 aliphatic rings. The lowest BCUT2D eigenvalue weighted by Crippen LogP contribution is -2.27. The van der Waals surface area contributed by atoms with Crippen molar-refractivity contribution >= 4 is 5.84 Å². The Kier molecular flexibility index (Phi) is 5.01. The number of hydrogen-bond donors (Lipinski definition) is 2. The Morgan fingerprint density at radius 3 is 2.95 bits per heavy atom. The smallest absolute Gasteiger partial charge is 0.175 e. The SMILES string of the molecule is Cc1cc(OCCC2CCCN2C)c(/C(N)=N/O)c(C)n1. The van der Waals surface area contributed by atoms with E-state index >= 15 is 0 Å². The van der Waals surface area contributed by atoms with Crippen molar-refractivity contribution in [1.82, 2.24) is 9.88 Å². The third kappa shape index (κ3) is 3.64. The van der Waals surface area contributed by atoms with E-state index < -0.39 is 0 Å². The molecule has 0 bridgehead atoms. The number of nitrogens with zero attached hydrogens (tertiary/aromatic N) is 3. The monoisotopic (exact) mass is 292 g/mol. The zero-order valence-electron chi connectivity index (χ0n) is 13.0.